The molecule has 0 unspecified atom stereocenters. The Kier molecular flexibility index (Phi) is 6.60. The number of carbonyl (C=O) groups is 1. The zero-order chi connectivity index (χ0) is 23.0. The first kappa shape index (κ1) is 23.2. The van der Waals surface area contributed by atoms with Gasteiger partial charge in [-0.05, 0) is 52.0 Å². The number of para-hydroxylation sites is 1. The summed E-state index contributed by atoms with van der Waals surface area (Å²) < 4.78 is 43.7. The Bertz CT molecular complexity index is 1150. The predicted molar refractivity (Wildman–Crippen MR) is 126 cm³/mol. The molecule has 5 nitrogen and oxygen atoms in total. The average molecular weight is 590 g/mol. The lowest BCUT2D eigenvalue weighted by atomic mass is 9.97. The minimum Gasteiger partial charge on any atom is -0.362 e. The van der Waals surface area contributed by atoms with E-state index >= 15 is 0 Å². The van der Waals surface area contributed by atoms with Crippen molar-refractivity contribution in [3.05, 3.63) is 68.7 Å². The molecule has 2 atom stereocenters. The number of rotatable bonds is 4. The molecule has 0 fully saturated rings. The Hall–Kier alpha value is -1.98. The van der Waals surface area contributed by atoms with E-state index in [0.717, 1.165) is 14.1 Å². The molecule has 2 aromatic carbocycles. The van der Waals surface area contributed by atoms with Crippen LogP contribution in [0.15, 0.2) is 62.4 Å². The maximum absolute atomic E-state index is 13.9. The van der Waals surface area contributed by atoms with Crippen molar-refractivity contribution in [3.63, 3.8) is 0 Å². The summed E-state index contributed by atoms with van der Waals surface area (Å²) in [5.41, 5.74) is 1.16. The molecule has 1 aliphatic heterocycles. The van der Waals surface area contributed by atoms with E-state index in [1.807, 2.05) is 18.4 Å². The van der Waals surface area contributed by atoms with Crippen LogP contribution in [0.4, 0.5) is 24.7 Å². The molecule has 0 spiro atoms. The zero-order valence-corrected chi connectivity index (χ0v) is 20.6. The fraction of sp³-hybridized carbons (Fsp3) is 0.238. The molecular formula is C21H17Br2F3N4OS. The van der Waals surface area contributed by atoms with Crippen molar-refractivity contribution >= 4 is 61.0 Å². The summed E-state index contributed by atoms with van der Waals surface area (Å²) >= 11 is 8.10. The summed E-state index contributed by atoms with van der Waals surface area (Å²) in [5.74, 6) is -0.474. The molecule has 32 heavy (non-hydrogen) atoms. The van der Waals surface area contributed by atoms with Gasteiger partial charge in [0.15, 0.2) is 11.7 Å². The number of anilines is 2. The van der Waals surface area contributed by atoms with Gasteiger partial charge in [0.2, 0.25) is 0 Å². The molecule has 0 saturated carbocycles. The fourth-order valence-electron chi connectivity index (χ4n) is 3.58. The van der Waals surface area contributed by atoms with E-state index < -0.39 is 24.2 Å². The van der Waals surface area contributed by atoms with Gasteiger partial charge in [0, 0.05) is 15.8 Å². The number of thioether (sulfide) groups is 1. The summed E-state index contributed by atoms with van der Waals surface area (Å²) in [7, 11) is 0. The van der Waals surface area contributed by atoms with Crippen LogP contribution < -0.4 is 10.6 Å². The lowest BCUT2D eigenvalue weighted by molar-refractivity contribution is -0.173. The van der Waals surface area contributed by atoms with E-state index in [4.69, 9.17) is 0 Å². The summed E-state index contributed by atoms with van der Waals surface area (Å²) in [6.07, 6.45) is -2.91. The van der Waals surface area contributed by atoms with Crippen LogP contribution in [0.1, 0.15) is 34.6 Å². The first-order valence-corrected chi connectivity index (χ1v) is 12.3. The third-order valence-corrected chi connectivity index (χ3v) is 7.21. The van der Waals surface area contributed by atoms with Gasteiger partial charge in [-0.1, -0.05) is 40.2 Å². The summed E-state index contributed by atoms with van der Waals surface area (Å²) in [4.78, 5) is 13.8. The molecule has 1 aliphatic rings. The van der Waals surface area contributed by atoms with Crippen LogP contribution in [0.2, 0.25) is 0 Å². The normalized spacial score (nSPS) is 18.1. The van der Waals surface area contributed by atoms with E-state index in [0.29, 0.717) is 11.3 Å². The molecule has 0 saturated heterocycles. The summed E-state index contributed by atoms with van der Waals surface area (Å²) in [6, 6.07) is 11.8. The highest BCUT2D eigenvalue weighted by Gasteiger charge is 2.47. The molecule has 0 bridgehead atoms. The van der Waals surface area contributed by atoms with Gasteiger partial charge in [-0.25, -0.2) is 4.68 Å². The number of hydrogen-bond donors (Lipinski definition) is 2. The van der Waals surface area contributed by atoms with Gasteiger partial charge in [-0.3, -0.25) is 4.79 Å². The zero-order valence-electron chi connectivity index (χ0n) is 16.6. The minimum absolute atomic E-state index is 0.117. The largest absolute Gasteiger partial charge is 0.410 e. The Labute approximate surface area is 203 Å². The fourth-order valence-corrected chi connectivity index (χ4v) is 4.95. The minimum atomic E-state index is -4.53. The van der Waals surface area contributed by atoms with Gasteiger partial charge >= 0.3 is 6.18 Å². The summed E-state index contributed by atoms with van der Waals surface area (Å²) in [6.45, 7) is 0. The Morgan fingerprint density at radius 2 is 1.88 bits per heavy atom. The van der Waals surface area contributed by atoms with Crippen LogP contribution in [0.5, 0.6) is 0 Å². The van der Waals surface area contributed by atoms with Crippen molar-refractivity contribution in [2.45, 2.75) is 29.6 Å². The van der Waals surface area contributed by atoms with Crippen LogP contribution in [-0.4, -0.2) is 28.1 Å². The number of halogens is 5. The van der Waals surface area contributed by atoms with E-state index in [-0.39, 0.29) is 22.4 Å². The number of fused-ring (bicyclic) bond motifs is 1. The van der Waals surface area contributed by atoms with Crippen LogP contribution >= 0.6 is 43.6 Å². The van der Waals surface area contributed by atoms with E-state index in [2.05, 4.69) is 47.6 Å². The number of alkyl halides is 3. The highest BCUT2D eigenvalue weighted by molar-refractivity contribution is 9.11. The second-order valence-corrected chi connectivity index (χ2v) is 9.71. The van der Waals surface area contributed by atoms with Gasteiger partial charge < -0.3 is 10.6 Å². The Morgan fingerprint density at radius 1 is 1.19 bits per heavy atom. The molecule has 4 rings (SSSR count). The molecule has 11 heteroatoms. The van der Waals surface area contributed by atoms with Crippen molar-refractivity contribution in [1.82, 2.24) is 9.78 Å². The van der Waals surface area contributed by atoms with E-state index in [9.17, 15) is 18.0 Å². The van der Waals surface area contributed by atoms with Crippen molar-refractivity contribution in [1.29, 1.82) is 0 Å². The van der Waals surface area contributed by atoms with Gasteiger partial charge in [0.25, 0.3) is 5.91 Å². The second kappa shape index (κ2) is 9.11. The van der Waals surface area contributed by atoms with Crippen molar-refractivity contribution in [2.24, 2.45) is 0 Å². The third-order valence-electron chi connectivity index (χ3n) is 5.14. The topological polar surface area (TPSA) is 59.0 Å². The van der Waals surface area contributed by atoms with Crippen LogP contribution in [0.3, 0.4) is 0 Å². The molecule has 2 N–H and O–H groups in total. The third kappa shape index (κ3) is 4.55. The van der Waals surface area contributed by atoms with Crippen LogP contribution in [0, 0.1) is 0 Å². The molecule has 168 valence electrons. The molecule has 0 radical (unpaired) electrons. The van der Waals surface area contributed by atoms with Gasteiger partial charge in [-0.15, -0.1) is 11.8 Å². The maximum Gasteiger partial charge on any atom is 0.410 e. The lowest BCUT2D eigenvalue weighted by Gasteiger charge is -2.33. The number of carbonyl (C=O) groups excluding carboxylic acids is 1. The first-order chi connectivity index (χ1) is 15.2. The maximum atomic E-state index is 13.9. The molecular weight excluding hydrogens is 573 g/mol. The Balaban J connectivity index is 1.70. The number of aromatic nitrogens is 2. The molecule has 1 amide bonds. The van der Waals surface area contributed by atoms with Crippen LogP contribution in [0.25, 0.3) is 0 Å². The SMILES string of the molecule is CSc1ccccc1NC(=O)c1nn2c(c1Br)N[C@H](c1ccc(Br)cc1)C[C@@H]2C(F)(F)F. The lowest BCUT2D eigenvalue weighted by Crippen LogP contribution is -2.35. The number of nitrogens with one attached hydrogen (secondary N) is 2. The molecule has 3 aromatic rings. The quantitative estimate of drug-likeness (QED) is 0.320. The second-order valence-electron chi connectivity index (χ2n) is 7.15. The highest BCUT2D eigenvalue weighted by Crippen LogP contribution is 2.46. The number of nitrogens with zero attached hydrogens (tertiary/aromatic N) is 2. The smallest absolute Gasteiger partial charge is 0.362 e. The predicted octanol–water partition coefficient (Wildman–Crippen LogP) is 7.04. The molecule has 2 heterocycles. The molecule has 0 aliphatic carbocycles. The van der Waals surface area contributed by atoms with Gasteiger partial charge in [0.1, 0.15) is 5.82 Å². The number of benzene rings is 2. The summed E-state index contributed by atoms with van der Waals surface area (Å²) in [5, 5.41) is 9.92. The van der Waals surface area contributed by atoms with E-state index in [1.54, 1.807) is 36.4 Å². The van der Waals surface area contributed by atoms with Crippen LogP contribution in [-0.2, 0) is 0 Å². The molecule has 1 aromatic heterocycles. The first-order valence-electron chi connectivity index (χ1n) is 9.50. The van der Waals surface area contributed by atoms with Crippen molar-refractivity contribution in [3.8, 4) is 0 Å². The standard InChI is InChI=1S/C21H17Br2F3N4OS/c1-32-15-5-3-2-4-13(15)28-20(31)18-17(23)19-27-14(11-6-8-12(22)9-7-11)10-16(21(24,25)26)30(19)29-18/h2-9,14,16,27H,10H2,1H3,(H,28,31)/t14-,16+/m0/s1. The number of amides is 1. The van der Waals surface area contributed by atoms with Crippen molar-refractivity contribution in [2.75, 3.05) is 16.9 Å². The Morgan fingerprint density at radius 3 is 2.53 bits per heavy atom. The monoisotopic (exact) mass is 588 g/mol. The average Bonchev–Trinajstić information content (AvgIpc) is 3.10. The van der Waals surface area contributed by atoms with Crippen molar-refractivity contribution < 1.29 is 18.0 Å². The number of hydrogen-bond acceptors (Lipinski definition) is 4. The van der Waals surface area contributed by atoms with E-state index in [1.165, 1.54) is 11.8 Å². The highest BCUT2D eigenvalue weighted by atomic mass is 79.9. The van der Waals surface area contributed by atoms with Gasteiger partial charge in [-0.2, -0.15) is 18.3 Å². The van der Waals surface area contributed by atoms with Gasteiger partial charge in [0.05, 0.1) is 16.2 Å².